The van der Waals surface area contributed by atoms with Crippen LogP contribution in [0.4, 0.5) is 15.8 Å². The Morgan fingerprint density at radius 1 is 1.16 bits per heavy atom. The first-order chi connectivity index (χ1) is 14.9. The monoisotopic (exact) mass is 458 g/mol. The standard InChI is InChI=1S/C22H19FN2O4S2/c1-2-29-18-8-6-17(7-9-18)24-13-20-21(26)22-19(10-11-30-22)25(31(20,27)28)14-15-4-3-5-16(23)12-15/h3-13,24H,2,14H2,1H3/b20-13-. The highest BCUT2D eigenvalue weighted by atomic mass is 32.2. The highest BCUT2D eigenvalue weighted by Crippen LogP contribution is 2.39. The van der Waals surface area contributed by atoms with E-state index in [0.717, 1.165) is 4.31 Å². The molecule has 31 heavy (non-hydrogen) atoms. The van der Waals surface area contributed by atoms with Gasteiger partial charge in [-0.3, -0.25) is 9.10 Å². The van der Waals surface area contributed by atoms with Gasteiger partial charge in [0.15, 0.2) is 4.91 Å². The Morgan fingerprint density at radius 3 is 2.65 bits per heavy atom. The van der Waals surface area contributed by atoms with Crippen LogP contribution >= 0.6 is 11.3 Å². The van der Waals surface area contributed by atoms with E-state index in [-0.39, 0.29) is 11.4 Å². The van der Waals surface area contributed by atoms with Crippen LogP contribution in [-0.2, 0) is 16.6 Å². The third-order valence-corrected chi connectivity index (χ3v) is 7.33. The molecule has 1 aliphatic rings. The number of carbonyl (C=O) groups is 1. The van der Waals surface area contributed by atoms with E-state index in [2.05, 4.69) is 5.32 Å². The summed E-state index contributed by atoms with van der Waals surface area (Å²) in [5, 5.41) is 4.55. The summed E-state index contributed by atoms with van der Waals surface area (Å²) < 4.78 is 46.8. The molecule has 0 radical (unpaired) electrons. The maximum atomic E-state index is 13.6. The average Bonchev–Trinajstić information content (AvgIpc) is 3.22. The highest BCUT2D eigenvalue weighted by Gasteiger charge is 2.41. The fourth-order valence-electron chi connectivity index (χ4n) is 3.22. The van der Waals surface area contributed by atoms with Gasteiger partial charge in [-0.1, -0.05) is 12.1 Å². The molecule has 9 heteroatoms. The fraction of sp³-hybridized carbons (Fsp3) is 0.136. The number of carbonyl (C=O) groups excluding carboxylic acids is 1. The van der Waals surface area contributed by atoms with Crippen LogP contribution in [0, 0.1) is 5.82 Å². The predicted octanol–water partition coefficient (Wildman–Crippen LogP) is 4.77. The van der Waals surface area contributed by atoms with Gasteiger partial charge >= 0.3 is 0 Å². The Hall–Kier alpha value is -3.17. The summed E-state index contributed by atoms with van der Waals surface area (Å²) in [6, 6.07) is 14.3. The molecule has 0 atom stereocenters. The lowest BCUT2D eigenvalue weighted by Crippen LogP contribution is -2.38. The van der Waals surface area contributed by atoms with E-state index in [1.54, 1.807) is 41.8 Å². The largest absolute Gasteiger partial charge is 0.494 e. The zero-order chi connectivity index (χ0) is 22.0. The Bertz CT molecular complexity index is 1250. The molecule has 0 spiro atoms. The normalized spacial score (nSPS) is 16.3. The van der Waals surface area contributed by atoms with Gasteiger partial charge in [-0.2, -0.15) is 0 Å². The molecule has 4 rings (SSSR count). The molecule has 0 fully saturated rings. The number of ether oxygens (including phenoxy) is 1. The van der Waals surface area contributed by atoms with E-state index in [1.807, 2.05) is 6.92 Å². The van der Waals surface area contributed by atoms with Crippen LogP contribution in [0.5, 0.6) is 5.75 Å². The fourth-order valence-corrected chi connectivity index (χ4v) is 5.70. The van der Waals surface area contributed by atoms with Crippen molar-refractivity contribution in [1.82, 2.24) is 0 Å². The summed E-state index contributed by atoms with van der Waals surface area (Å²) in [6.07, 6.45) is 1.20. The van der Waals surface area contributed by atoms with Gasteiger partial charge in [0.05, 0.1) is 18.8 Å². The first kappa shape index (κ1) is 21.1. The number of nitrogens with zero attached hydrogens (tertiary/aromatic N) is 1. The van der Waals surface area contributed by atoms with Crippen molar-refractivity contribution in [2.75, 3.05) is 16.2 Å². The van der Waals surface area contributed by atoms with E-state index >= 15 is 0 Å². The van der Waals surface area contributed by atoms with E-state index in [4.69, 9.17) is 4.74 Å². The van der Waals surface area contributed by atoms with E-state index in [0.29, 0.717) is 34.2 Å². The van der Waals surface area contributed by atoms with Crippen LogP contribution < -0.4 is 14.4 Å². The molecule has 3 aromatic rings. The molecule has 0 saturated heterocycles. The van der Waals surface area contributed by atoms with Crippen LogP contribution in [0.1, 0.15) is 22.2 Å². The predicted molar refractivity (Wildman–Crippen MR) is 119 cm³/mol. The number of halogens is 1. The van der Waals surface area contributed by atoms with Crippen molar-refractivity contribution in [3.8, 4) is 5.75 Å². The second kappa shape index (κ2) is 8.52. The number of thiophene rings is 1. The first-order valence-electron chi connectivity index (χ1n) is 9.49. The Kier molecular flexibility index (Phi) is 5.79. The van der Waals surface area contributed by atoms with Crippen molar-refractivity contribution in [3.05, 3.63) is 87.3 Å². The molecule has 1 aliphatic heterocycles. The third-order valence-electron chi connectivity index (χ3n) is 4.66. The summed E-state index contributed by atoms with van der Waals surface area (Å²) in [5.74, 6) is -0.341. The van der Waals surface area contributed by atoms with Crippen molar-refractivity contribution < 1.29 is 22.3 Å². The van der Waals surface area contributed by atoms with Gasteiger partial charge in [0.25, 0.3) is 10.0 Å². The van der Waals surface area contributed by atoms with Gasteiger partial charge in [-0.05, 0) is 60.3 Å². The molecule has 0 aliphatic carbocycles. The van der Waals surface area contributed by atoms with Crippen LogP contribution in [-0.4, -0.2) is 20.8 Å². The van der Waals surface area contributed by atoms with E-state index in [1.165, 1.54) is 35.7 Å². The van der Waals surface area contributed by atoms with Gasteiger partial charge in [0.1, 0.15) is 16.4 Å². The molecular weight excluding hydrogens is 439 g/mol. The number of nitrogens with one attached hydrogen (secondary N) is 1. The van der Waals surface area contributed by atoms with Crippen LogP contribution in [0.15, 0.2) is 71.1 Å². The number of rotatable bonds is 6. The number of sulfonamides is 1. The number of anilines is 2. The van der Waals surface area contributed by atoms with E-state index < -0.39 is 21.6 Å². The zero-order valence-corrected chi connectivity index (χ0v) is 18.2. The molecule has 0 unspecified atom stereocenters. The third kappa shape index (κ3) is 4.19. The van der Waals surface area contributed by atoms with Gasteiger partial charge < -0.3 is 10.1 Å². The molecule has 2 heterocycles. The second-order valence-electron chi connectivity index (χ2n) is 6.72. The second-order valence-corrected chi connectivity index (χ2v) is 9.46. The minimum atomic E-state index is -4.15. The summed E-state index contributed by atoms with van der Waals surface area (Å²) in [5.41, 5.74) is 1.39. The lowest BCUT2D eigenvalue weighted by Gasteiger charge is -2.29. The molecule has 0 bridgehead atoms. The molecular formula is C22H19FN2O4S2. The van der Waals surface area contributed by atoms with Gasteiger partial charge in [-0.15, -0.1) is 11.3 Å². The van der Waals surface area contributed by atoms with Crippen molar-refractivity contribution in [3.63, 3.8) is 0 Å². The summed E-state index contributed by atoms with van der Waals surface area (Å²) in [7, 11) is -4.15. The minimum absolute atomic E-state index is 0.0858. The van der Waals surface area contributed by atoms with Crippen molar-refractivity contribution in [1.29, 1.82) is 0 Å². The smallest absolute Gasteiger partial charge is 0.270 e. The lowest BCUT2D eigenvalue weighted by molar-refractivity contribution is 0.104. The van der Waals surface area contributed by atoms with E-state index in [9.17, 15) is 17.6 Å². The number of allylic oxidation sites excluding steroid dienone is 1. The van der Waals surface area contributed by atoms with Gasteiger partial charge in [-0.25, -0.2) is 12.8 Å². The number of hydrogen-bond donors (Lipinski definition) is 1. The van der Waals surface area contributed by atoms with Crippen LogP contribution in [0.3, 0.4) is 0 Å². The number of hydrogen-bond acceptors (Lipinski definition) is 6. The topological polar surface area (TPSA) is 75.7 Å². The SMILES string of the molecule is CCOc1ccc(N/C=C2/C(=O)c3sccc3N(Cc3cccc(F)c3)S2(=O)=O)cc1. The van der Waals surface area contributed by atoms with Crippen LogP contribution in [0.2, 0.25) is 0 Å². The molecule has 0 amide bonds. The molecule has 1 N–H and O–H groups in total. The molecule has 2 aromatic carbocycles. The Morgan fingerprint density at radius 2 is 1.94 bits per heavy atom. The van der Waals surface area contributed by atoms with Gasteiger partial charge in [0, 0.05) is 11.9 Å². The summed E-state index contributed by atoms with van der Waals surface area (Å²) >= 11 is 1.17. The maximum absolute atomic E-state index is 13.6. The molecule has 6 nitrogen and oxygen atoms in total. The van der Waals surface area contributed by atoms with Gasteiger partial charge in [0.2, 0.25) is 5.78 Å². The number of benzene rings is 2. The minimum Gasteiger partial charge on any atom is -0.494 e. The maximum Gasteiger partial charge on any atom is 0.270 e. The van der Waals surface area contributed by atoms with Crippen molar-refractivity contribution >= 4 is 38.5 Å². The zero-order valence-electron chi connectivity index (χ0n) is 16.5. The van der Waals surface area contributed by atoms with Crippen molar-refractivity contribution in [2.45, 2.75) is 13.5 Å². The average molecular weight is 459 g/mol. The molecule has 160 valence electrons. The highest BCUT2D eigenvalue weighted by molar-refractivity contribution is 7.97. The van der Waals surface area contributed by atoms with Crippen LogP contribution in [0.25, 0.3) is 0 Å². The number of fused-ring (bicyclic) bond motifs is 1. The number of Topliss-reactive ketones (excluding diaryl/α,β-unsaturated/α-hetero) is 1. The molecule has 0 saturated carbocycles. The Labute approximate surface area is 183 Å². The lowest BCUT2D eigenvalue weighted by atomic mass is 10.2. The summed E-state index contributed by atoms with van der Waals surface area (Å²) in [4.78, 5) is 12.9. The quantitative estimate of drug-likeness (QED) is 0.539. The van der Waals surface area contributed by atoms with Crippen molar-refractivity contribution in [2.24, 2.45) is 0 Å². The summed E-state index contributed by atoms with van der Waals surface area (Å²) in [6.45, 7) is 2.33. The Balaban J connectivity index is 1.68. The first-order valence-corrected chi connectivity index (χ1v) is 11.8. The number of ketones is 1. The molecule has 1 aromatic heterocycles.